The third-order valence-electron chi connectivity index (χ3n) is 3.15. The second kappa shape index (κ2) is 6.54. The Morgan fingerprint density at radius 1 is 1.13 bits per heavy atom. The standard InChI is InChI=1S/C17H13ClN2O3/c18-13-6-4-5-12(9-13)15-10-16(23-11-17(21)22)19-20(15)14-7-2-1-3-8-14/h1-10H,11H2,(H,21,22). The quantitative estimate of drug-likeness (QED) is 0.776. The number of carboxylic acid groups (broad SMARTS) is 1. The predicted octanol–water partition coefficient (Wildman–Crippen LogP) is 3.66. The Morgan fingerprint density at radius 2 is 1.91 bits per heavy atom. The summed E-state index contributed by atoms with van der Waals surface area (Å²) in [6, 6.07) is 18.6. The maximum absolute atomic E-state index is 10.7. The highest BCUT2D eigenvalue weighted by Gasteiger charge is 2.13. The van der Waals surface area contributed by atoms with Crippen LogP contribution in [0.1, 0.15) is 0 Å². The van der Waals surface area contributed by atoms with Crippen LogP contribution in [0.4, 0.5) is 0 Å². The van der Waals surface area contributed by atoms with Gasteiger partial charge in [0.15, 0.2) is 6.61 Å². The van der Waals surface area contributed by atoms with Crippen molar-refractivity contribution in [2.24, 2.45) is 0 Å². The molecule has 1 aromatic heterocycles. The first-order valence-corrected chi connectivity index (χ1v) is 7.27. The van der Waals surface area contributed by atoms with E-state index in [0.717, 1.165) is 16.9 Å². The maximum atomic E-state index is 10.7. The first-order valence-electron chi connectivity index (χ1n) is 6.89. The Morgan fingerprint density at radius 3 is 2.61 bits per heavy atom. The van der Waals surface area contributed by atoms with Gasteiger partial charge in [0.25, 0.3) is 0 Å². The molecule has 0 atom stereocenters. The molecule has 116 valence electrons. The van der Waals surface area contributed by atoms with Crippen LogP contribution < -0.4 is 4.74 Å². The van der Waals surface area contributed by atoms with Gasteiger partial charge in [0, 0.05) is 16.7 Å². The molecule has 0 amide bonds. The minimum absolute atomic E-state index is 0.242. The number of ether oxygens (including phenoxy) is 1. The van der Waals surface area contributed by atoms with Crippen LogP contribution in [-0.2, 0) is 4.79 Å². The normalized spacial score (nSPS) is 10.5. The van der Waals surface area contributed by atoms with Gasteiger partial charge in [-0.25, -0.2) is 9.48 Å². The van der Waals surface area contributed by atoms with Crippen LogP contribution in [0, 0.1) is 0 Å². The summed E-state index contributed by atoms with van der Waals surface area (Å²) >= 11 is 6.06. The topological polar surface area (TPSA) is 64.3 Å². The molecule has 23 heavy (non-hydrogen) atoms. The molecule has 0 aliphatic carbocycles. The average Bonchev–Trinajstić information content (AvgIpc) is 2.98. The number of aromatic nitrogens is 2. The van der Waals surface area contributed by atoms with Gasteiger partial charge in [-0.05, 0) is 24.3 Å². The number of para-hydroxylation sites is 1. The molecule has 2 aromatic carbocycles. The summed E-state index contributed by atoms with van der Waals surface area (Å²) in [4.78, 5) is 10.7. The van der Waals surface area contributed by atoms with Gasteiger partial charge in [0.2, 0.25) is 5.88 Å². The second-order valence-electron chi connectivity index (χ2n) is 4.81. The maximum Gasteiger partial charge on any atom is 0.341 e. The molecule has 0 saturated carbocycles. The lowest BCUT2D eigenvalue weighted by atomic mass is 10.1. The van der Waals surface area contributed by atoms with E-state index < -0.39 is 12.6 Å². The first-order chi connectivity index (χ1) is 11.1. The van der Waals surface area contributed by atoms with Gasteiger partial charge < -0.3 is 9.84 Å². The minimum Gasteiger partial charge on any atom is -0.479 e. The molecule has 1 heterocycles. The summed E-state index contributed by atoms with van der Waals surface area (Å²) < 4.78 is 6.89. The Labute approximate surface area is 137 Å². The van der Waals surface area contributed by atoms with Crippen LogP contribution >= 0.6 is 11.6 Å². The highest BCUT2D eigenvalue weighted by atomic mass is 35.5. The number of halogens is 1. The zero-order chi connectivity index (χ0) is 16.2. The van der Waals surface area contributed by atoms with Crippen molar-refractivity contribution >= 4 is 17.6 Å². The van der Waals surface area contributed by atoms with Crippen LogP contribution in [0.5, 0.6) is 5.88 Å². The fraction of sp³-hybridized carbons (Fsp3) is 0.0588. The third kappa shape index (κ3) is 3.52. The number of carbonyl (C=O) groups is 1. The Hall–Kier alpha value is -2.79. The summed E-state index contributed by atoms with van der Waals surface area (Å²) in [5, 5.41) is 13.7. The molecule has 0 aliphatic rings. The van der Waals surface area contributed by atoms with Gasteiger partial charge in [-0.15, -0.1) is 5.10 Å². The zero-order valence-electron chi connectivity index (χ0n) is 12.0. The van der Waals surface area contributed by atoms with Crippen molar-refractivity contribution in [1.82, 2.24) is 9.78 Å². The first kappa shape index (κ1) is 15.1. The van der Waals surface area contributed by atoms with E-state index in [4.69, 9.17) is 21.4 Å². The lowest BCUT2D eigenvalue weighted by Gasteiger charge is -2.07. The SMILES string of the molecule is O=C(O)COc1cc(-c2cccc(Cl)c2)n(-c2ccccc2)n1. The number of nitrogens with zero attached hydrogens (tertiary/aromatic N) is 2. The Kier molecular flexibility index (Phi) is 4.30. The van der Waals surface area contributed by atoms with E-state index in [0.29, 0.717) is 5.02 Å². The number of hydrogen-bond acceptors (Lipinski definition) is 3. The molecule has 0 aliphatic heterocycles. The van der Waals surface area contributed by atoms with Gasteiger partial charge >= 0.3 is 5.97 Å². The van der Waals surface area contributed by atoms with Crippen LogP contribution in [0.15, 0.2) is 60.7 Å². The molecule has 0 spiro atoms. The smallest absolute Gasteiger partial charge is 0.341 e. The van der Waals surface area contributed by atoms with Gasteiger partial charge in [-0.1, -0.05) is 41.9 Å². The van der Waals surface area contributed by atoms with Crippen molar-refractivity contribution in [2.75, 3.05) is 6.61 Å². The molecule has 0 saturated heterocycles. The summed E-state index contributed by atoms with van der Waals surface area (Å²) in [5.41, 5.74) is 2.46. The van der Waals surface area contributed by atoms with E-state index in [9.17, 15) is 4.79 Å². The van der Waals surface area contributed by atoms with E-state index in [1.165, 1.54) is 0 Å². The van der Waals surface area contributed by atoms with E-state index in [1.807, 2.05) is 48.5 Å². The van der Waals surface area contributed by atoms with Crippen molar-refractivity contribution in [3.05, 3.63) is 65.7 Å². The molecule has 3 rings (SSSR count). The van der Waals surface area contributed by atoms with Crippen molar-refractivity contribution in [3.8, 4) is 22.8 Å². The predicted molar refractivity (Wildman–Crippen MR) is 87.1 cm³/mol. The van der Waals surface area contributed by atoms with Crippen molar-refractivity contribution in [3.63, 3.8) is 0 Å². The average molecular weight is 329 g/mol. The van der Waals surface area contributed by atoms with E-state index in [-0.39, 0.29) is 5.88 Å². The lowest BCUT2D eigenvalue weighted by molar-refractivity contribution is -0.139. The fourth-order valence-electron chi connectivity index (χ4n) is 2.19. The van der Waals surface area contributed by atoms with Crippen LogP contribution in [0.3, 0.4) is 0 Å². The number of hydrogen-bond donors (Lipinski definition) is 1. The lowest BCUT2D eigenvalue weighted by Crippen LogP contribution is -2.09. The van der Waals surface area contributed by atoms with Gasteiger partial charge in [-0.2, -0.15) is 0 Å². The Balaban J connectivity index is 2.07. The van der Waals surface area contributed by atoms with Crippen LogP contribution in [-0.4, -0.2) is 27.5 Å². The number of rotatable bonds is 5. The Bertz CT molecular complexity index is 831. The van der Waals surface area contributed by atoms with Gasteiger partial charge in [0.05, 0.1) is 11.4 Å². The molecule has 3 aromatic rings. The molecule has 0 fully saturated rings. The summed E-state index contributed by atoms with van der Waals surface area (Å²) in [6.07, 6.45) is 0. The molecule has 0 radical (unpaired) electrons. The van der Waals surface area contributed by atoms with Crippen molar-refractivity contribution in [2.45, 2.75) is 0 Å². The van der Waals surface area contributed by atoms with Gasteiger partial charge in [0.1, 0.15) is 0 Å². The summed E-state index contributed by atoms with van der Waals surface area (Å²) in [5.74, 6) is -0.810. The van der Waals surface area contributed by atoms with E-state index in [2.05, 4.69) is 5.10 Å². The summed E-state index contributed by atoms with van der Waals surface area (Å²) in [7, 11) is 0. The molecular formula is C17H13ClN2O3. The highest BCUT2D eigenvalue weighted by Crippen LogP contribution is 2.28. The van der Waals surface area contributed by atoms with E-state index >= 15 is 0 Å². The largest absolute Gasteiger partial charge is 0.479 e. The molecular weight excluding hydrogens is 316 g/mol. The monoisotopic (exact) mass is 328 g/mol. The molecule has 6 heteroatoms. The van der Waals surface area contributed by atoms with Crippen LogP contribution in [0.25, 0.3) is 16.9 Å². The number of carboxylic acids is 1. The number of aliphatic carboxylic acids is 1. The second-order valence-corrected chi connectivity index (χ2v) is 5.24. The minimum atomic E-state index is -1.05. The van der Waals surface area contributed by atoms with Crippen molar-refractivity contribution in [1.29, 1.82) is 0 Å². The third-order valence-corrected chi connectivity index (χ3v) is 3.39. The van der Waals surface area contributed by atoms with Gasteiger partial charge in [-0.3, -0.25) is 0 Å². The number of benzene rings is 2. The van der Waals surface area contributed by atoms with Crippen molar-refractivity contribution < 1.29 is 14.6 Å². The summed E-state index contributed by atoms with van der Waals surface area (Å²) in [6.45, 7) is -0.444. The zero-order valence-corrected chi connectivity index (χ0v) is 12.8. The molecule has 0 bridgehead atoms. The fourth-order valence-corrected chi connectivity index (χ4v) is 2.38. The molecule has 0 unspecified atom stereocenters. The highest BCUT2D eigenvalue weighted by molar-refractivity contribution is 6.30. The molecule has 5 nitrogen and oxygen atoms in total. The van der Waals surface area contributed by atoms with Crippen LogP contribution in [0.2, 0.25) is 5.02 Å². The molecule has 1 N–H and O–H groups in total. The van der Waals surface area contributed by atoms with E-state index in [1.54, 1.807) is 16.8 Å².